The Bertz CT molecular complexity index is 860. The Hall–Kier alpha value is -2.74. The molecule has 1 aromatic rings. The second kappa shape index (κ2) is 7.35. The van der Waals surface area contributed by atoms with E-state index in [1.807, 2.05) is 0 Å². The second-order valence-electron chi connectivity index (χ2n) is 7.70. The number of carbonyl (C=O) groups excluding carboxylic acids is 4. The Kier molecular flexibility index (Phi) is 4.89. The molecule has 3 aliphatic rings. The standard InChI is InChI=1S/C20H23N3O5/c24-8-2-1-3-11-9-23(10-11)14-6-4-13-17(20(28)22-19(13)27)16(14)12-5-7-15(25)21-18(12)26/h4,6,11-12,24H,1-3,5,7-10H2,(H,21,25,26)(H,22,27,28). The Morgan fingerprint density at radius 3 is 2.54 bits per heavy atom. The van der Waals surface area contributed by atoms with Crippen LogP contribution in [0.15, 0.2) is 12.1 Å². The number of hydrogen-bond donors (Lipinski definition) is 3. The highest BCUT2D eigenvalue weighted by atomic mass is 16.3. The fourth-order valence-corrected chi connectivity index (χ4v) is 4.37. The van der Waals surface area contributed by atoms with Gasteiger partial charge in [0.25, 0.3) is 11.8 Å². The van der Waals surface area contributed by atoms with Gasteiger partial charge in [0.15, 0.2) is 0 Å². The number of piperidine rings is 1. The molecule has 28 heavy (non-hydrogen) atoms. The lowest BCUT2D eigenvalue weighted by Crippen LogP contribution is -2.48. The minimum absolute atomic E-state index is 0.198. The third-order valence-corrected chi connectivity index (χ3v) is 5.83. The number of benzene rings is 1. The molecule has 3 heterocycles. The molecule has 148 valence electrons. The smallest absolute Gasteiger partial charge is 0.259 e. The van der Waals surface area contributed by atoms with Crippen molar-refractivity contribution in [2.24, 2.45) is 5.92 Å². The first-order valence-corrected chi connectivity index (χ1v) is 9.71. The number of imide groups is 2. The minimum Gasteiger partial charge on any atom is -0.396 e. The van der Waals surface area contributed by atoms with Crippen LogP contribution in [-0.4, -0.2) is 48.4 Å². The van der Waals surface area contributed by atoms with Crippen LogP contribution in [-0.2, 0) is 9.59 Å². The molecular weight excluding hydrogens is 362 g/mol. The summed E-state index contributed by atoms with van der Waals surface area (Å²) in [5.74, 6) is -1.80. The van der Waals surface area contributed by atoms with Crippen molar-refractivity contribution in [2.45, 2.75) is 38.0 Å². The van der Waals surface area contributed by atoms with Crippen molar-refractivity contribution >= 4 is 29.3 Å². The van der Waals surface area contributed by atoms with E-state index in [0.29, 0.717) is 17.9 Å². The first-order valence-electron chi connectivity index (χ1n) is 9.71. The summed E-state index contributed by atoms with van der Waals surface area (Å²) in [4.78, 5) is 50.8. The van der Waals surface area contributed by atoms with Crippen LogP contribution in [0, 0.1) is 5.92 Å². The number of fused-ring (bicyclic) bond motifs is 1. The van der Waals surface area contributed by atoms with Gasteiger partial charge in [0.2, 0.25) is 11.8 Å². The van der Waals surface area contributed by atoms with Crippen LogP contribution in [0.1, 0.15) is 64.3 Å². The number of nitrogens with one attached hydrogen (secondary N) is 2. The summed E-state index contributed by atoms with van der Waals surface area (Å²) in [5, 5.41) is 13.6. The molecule has 8 nitrogen and oxygen atoms in total. The van der Waals surface area contributed by atoms with Crippen LogP contribution in [0.5, 0.6) is 0 Å². The Balaban J connectivity index is 1.65. The first-order chi connectivity index (χ1) is 13.5. The number of carbonyl (C=O) groups is 4. The number of amides is 4. The largest absolute Gasteiger partial charge is 0.396 e. The van der Waals surface area contributed by atoms with Crippen molar-refractivity contribution in [3.05, 3.63) is 28.8 Å². The third kappa shape index (κ3) is 3.17. The number of rotatable bonds is 6. The quantitative estimate of drug-likeness (QED) is 0.490. The molecule has 2 saturated heterocycles. The van der Waals surface area contributed by atoms with Crippen molar-refractivity contribution in [3.8, 4) is 0 Å². The highest BCUT2D eigenvalue weighted by Gasteiger charge is 2.40. The maximum atomic E-state index is 12.5. The van der Waals surface area contributed by atoms with Crippen LogP contribution in [0.2, 0.25) is 0 Å². The van der Waals surface area contributed by atoms with E-state index in [0.717, 1.165) is 38.0 Å². The monoisotopic (exact) mass is 385 g/mol. The fourth-order valence-electron chi connectivity index (χ4n) is 4.37. The lowest BCUT2D eigenvalue weighted by atomic mass is 9.83. The van der Waals surface area contributed by atoms with Gasteiger partial charge in [-0.15, -0.1) is 0 Å². The van der Waals surface area contributed by atoms with E-state index in [9.17, 15) is 19.2 Å². The van der Waals surface area contributed by atoms with Crippen molar-refractivity contribution in [2.75, 3.05) is 24.6 Å². The topological polar surface area (TPSA) is 116 Å². The molecule has 8 heteroatoms. The molecule has 1 atom stereocenters. The van der Waals surface area contributed by atoms with Gasteiger partial charge in [0.1, 0.15) is 0 Å². The van der Waals surface area contributed by atoms with Gasteiger partial charge in [-0.05, 0) is 37.3 Å². The zero-order valence-corrected chi connectivity index (χ0v) is 15.5. The summed E-state index contributed by atoms with van der Waals surface area (Å²) in [6.45, 7) is 1.81. The van der Waals surface area contributed by atoms with E-state index in [1.54, 1.807) is 12.1 Å². The zero-order chi connectivity index (χ0) is 19.8. The number of nitrogens with zero attached hydrogens (tertiary/aromatic N) is 1. The Morgan fingerprint density at radius 1 is 1.04 bits per heavy atom. The van der Waals surface area contributed by atoms with Crippen molar-refractivity contribution in [3.63, 3.8) is 0 Å². The maximum absolute atomic E-state index is 12.5. The maximum Gasteiger partial charge on any atom is 0.259 e. The number of hydrogen-bond acceptors (Lipinski definition) is 6. The van der Waals surface area contributed by atoms with Gasteiger partial charge in [-0.1, -0.05) is 6.42 Å². The highest BCUT2D eigenvalue weighted by Crippen LogP contribution is 2.41. The molecule has 0 aliphatic carbocycles. The number of unbranched alkanes of at least 4 members (excludes halogenated alkanes) is 1. The van der Waals surface area contributed by atoms with Crippen LogP contribution in [0.3, 0.4) is 0 Å². The van der Waals surface area contributed by atoms with Gasteiger partial charge in [0.05, 0.1) is 17.0 Å². The molecule has 1 unspecified atom stereocenters. The minimum atomic E-state index is -0.632. The zero-order valence-electron chi connectivity index (χ0n) is 15.5. The lowest BCUT2D eigenvalue weighted by Gasteiger charge is -2.43. The lowest BCUT2D eigenvalue weighted by molar-refractivity contribution is -0.134. The number of aliphatic hydroxyl groups is 1. The van der Waals surface area contributed by atoms with Gasteiger partial charge in [-0.25, -0.2) is 0 Å². The molecule has 4 rings (SSSR count). The van der Waals surface area contributed by atoms with E-state index in [2.05, 4.69) is 15.5 Å². The molecule has 3 aliphatic heterocycles. The van der Waals surface area contributed by atoms with Crippen LogP contribution < -0.4 is 15.5 Å². The van der Waals surface area contributed by atoms with Gasteiger partial charge in [-0.2, -0.15) is 0 Å². The van der Waals surface area contributed by atoms with Crippen LogP contribution >= 0.6 is 0 Å². The van der Waals surface area contributed by atoms with Crippen molar-refractivity contribution < 1.29 is 24.3 Å². The normalized spacial score (nSPS) is 22.0. The summed E-state index contributed by atoms with van der Waals surface area (Å²) < 4.78 is 0. The number of anilines is 1. The molecule has 0 saturated carbocycles. The molecule has 0 radical (unpaired) electrons. The summed E-state index contributed by atoms with van der Waals surface area (Å²) in [5.41, 5.74) is 1.89. The molecule has 3 N–H and O–H groups in total. The van der Waals surface area contributed by atoms with Crippen LogP contribution in [0.4, 0.5) is 5.69 Å². The molecule has 0 aromatic heterocycles. The van der Waals surface area contributed by atoms with Crippen molar-refractivity contribution in [1.29, 1.82) is 0 Å². The average Bonchev–Trinajstić information content (AvgIpc) is 2.91. The van der Waals surface area contributed by atoms with E-state index in [-0.39, 0.29) is 30.1 Å². The average molecular weight is 385 g/mol. The first kappa shape index (κ1) is 18.6. The SMILES string of the molecule is O=C1CCC(c2c(N3CC(CCCCO)C3)ccc3c2C(=O)NC3=O)C(=O)N1. The summed E-state index contributed by atoms with van der Waals surface area (Å²) in [6, 6.07) is 3.44. The predicted molar refractivity (Wildman–Crippen MR) is 100 cm³/mol. The van der Waals surface area contributed by atoms with E-state index in [1.165, 1.54) is 0 Å². The number of aliphatic hydroxyl groups excluding tert-OH is 1. The van der Waals surface area contributed by atoms with E-state index >= 15 is 0 Å². The predicted octanol–water partition coefficient (Wildman–Crippen LogP) is 0.689. The van der Waals surface area contributed by atoms with Gasteiger partial charge in [-0.3, -0.25) is 29.8 Å². The molecule has 2 fully saturated rings. The van der Waals surface area contributed by atoms with Crippen LogP contribution in [0.25, 0.3) is 0 Å². The highest BCUT2D eigenvalue weighted by molar-refractivity contribution is 6.23. The Morgan fingerprint density at radius 2 is 1.82 bits per heavy atom. The Labute approximate surface area is 162 Å². The third-order valence-electron chi connectivity index (χ3n) is 5.83. The van der Waals surface area contributed by atoms with E-state index in [4.69, 9.17) is 5.11 Å². The molecule has 1 aromatic carbocycles. The molecule has 4 amide bonds. The summed E-state index contributed by atoms with van der Waals surface area (Å²) >= 11 is 0. The summed E-state index contributed by atoms with van der Waals surface area (Å²) in [6.07, 6.45) is 3.31. The molecule has 0 spiro atoms. The van der Waals surface area contributed by atoms with Gasteiger partial charge >= 0.3 is 0 Å². The van der Waals surface area contributed by atoms with Gasteiger partial charge in [0, 0.05) is 37.4 Å². The summed E-state index contributed by atoms with van der Waals surface area (Å²) in [7, 11) is 0. The second-order valence-corrected chi connectivity index (χ2v) is 7.70. The fraction of sp³-hybridized carbons (Fsp3) is 0.500. The molecule has 0 bridgehead atoms. The van der Waals surface area contributed by atoms with Gasteiger partial charge < -0.3 is 10.0 Å². The molecular formula is C20H23N3O5. The van der Waals surface area contributed by atoms with E-state index < -0.39 is 23.6 Å². The van der Waals surface area contributed by atoms with Crippen molar-refractivity contribution in [1.82, 2.24) is 10.6 Å².